The molecule has 5 heteroatoms. The van der Waals surface area contributed by atoms with Crippen molar-refractivity contribution in [2.45, 2.75) is 30.2 Å². The van der Waals surface area contributed by atoms with Crippen LogP contribution in [0.3, 0.4) is 0 Å². The van der Waals surface area contributed by atoms with Crippen LogP contribution in [0.15, 0.2) is 35.2 Å². The van der Waals surface area contributed by atoms with Crippen LogP contribution in [-0.4, -0.2) is 30.8 Å². The number of hydrogen-bond acceptors (Lipinski definition) is 3. The van der Waals surface area contributed by atoms with Crippen molar-refractivity contribution < 1.29 is 4.79 Å². The number of carbonyl (C=O) groups is 1. The van der Waals surface area contributed by atoms with Crippen LogP contribution in [-0.2, 0) is 4.79 Å². The van der Waals surface area contributed by atoms with Crippen LogP contribution in [0, 0.1) is 0 Å². The summed E-state index contributed by atoms with van der Waals surface area (Å²) in [6.07, 6.45) is 2.95. The Kier molecular flexibility index (Phi) is 7.94. The number of rotatable bonds is 6. The van der Waals surface area contributed by atoms with Crippen LogP contribution in [0.4, 0.5) is 0 Å². The fraction of sp³-hybridized carbons (Fsp3) is 0.500. The SMILES string of the molecule is Cl.O=C(CC1CCCN1)NCCSc1ccccc1. The molecule has 0 spiro atoms. The van der Waals surface area contributed by atoms with Gasteiger partial charge in [0.2, 0.25) is 5.91 Å². The van der Waals surface area contributed by atoms with Crippen molar-refractivity contribution in [3.05, 3.63) is 30.3 Å². The molecule has 1 heterocycles. The predicted molar refractivity (Wildman–Crippen MR) is 83.1 cm³/mol. The summed E-state index contributed by atoms with van der Waals surface area (Å²) in [6.45, 7) is 1.80. The van der Waals surface area contributed by atoms with Crippen molar-refractivity contribution >= 4 is 30.1 Å². The summed E-state index contributed by atoms with van der Waals surface area (Å²) in [7, 11) is 0. The van der Waals surface area contributed by atoms with Gasteiger partial charge in [-0.15, -0.1) is 24.2 Å². The molecule has 1 atom stereocenters. The molecular weight excluding hydrogens is 280 g/mol. The van der Waals surface area contributed by atoms with Crippen molar-refractivity contribution in [3.8, 4) is 0 Å². The van der Waals surface area contributed by atoms with E-state index in [1.165, 1.54) is 11.3 Å². The van der Waals surface area contributed by atoms with Gasteiger partial charge in [-0.3, -0.25) is 4.79 Å². The first-order valence-electron chi connectivity index (χ1n) is 6.52. The minimum atomic E-state index is 0. The Balaban J connectivity index is 0.00000180. The van der Waals surface area contributed by atoms with E-state index in [9.17, 15) is 4.79 Å². The lowest BCUT2D eigenvalue weighted by molar-refractivity contribution is -0.121. The van der Waals surface area contributed by atoms with Gasteiger partial charge < -0.3 is 10.6 Å². The highest BCUT2D eigenvalue weighted by atomic mass is 35.5. The minimum Gasteiger partial charge on any atom is -0.355 e. The summed E-state index contributed by atoms with van der Waals surface area (Å²) < 4.78 is 0. The van der Waals surface area contributed by atoms with Crippen LogP contribution < -0.4 is 10.6 Å². The van der Waals surface area contributed by atoms with Gasteiger partial charge in [-0.2, -0.15) is 0 Å². The number of thioether (sulfide) groups is 1. The third kappa shape index (κ3) is 6.32. The van der Waals surface area contributed by atoms with Gasteiger partial charge >= 0.3 is 0 Å². The lowest BCUT2D eigenvalue weighted by Crippen LogP contribution is -2.32. The molecule has 1 saturated heterocycles. The highest BCUT2D eigenvalue weighted by molar-refractivity contribution is 7.99. The van der Waals surface area contributed by atoms with Crippen molar-refractivity contribution in [3.63, 3.8) is 0 Å². The van der Waals surface area contributed by atoms with Crippen LogP contribution >= 0.6 is 24.2 Å². The standard InChI is InChI=1S/C14H20N2OS.ClH/c17-14(11-12-5-4-8-15-12)16-9-10-18-13-6-2-1-3-7-13;/h1-3,6-7,12,15H,4-5,8-11H2,(H,16,17);1H. The Bertz CT molecular complexity index is 369. The maximum absolute atomic E-state index is 11.6. The van der Waals surface area contributed by atoms with Gasteiger partial charge in [0.15, 0.2) is 0 Å². The molecule has 0 aliphatic carbocycles. The van der Waals surface area contributed by atoms with Crippen LogP contribution in [0.2, 0.25) is 0 Å². The molecule has 0 aromatic heterocycles. The van der Waals surface area contributed by atoms with Gasteiger partial charge in [-0.05, 0) is 31.5 Å². The average molecular weight is 301 g/mol. The van der Waals surface area contributed by atoms with Gasteiger partial charge in [-0.1, -0.05) is 18.2 Å². The molecule has 1 aliphatic rings. The molecule has 1 aromatic carbocycles. The monoisotopic (exact) mass is 300 g/mol. The molecule has 1 amide bonds. The smallest absolute Gasteiger partial charge is 0.221 e. The minimum absolute atomic E-state index is 0. The van der Waals surface area contributed by atoms with Crippen molar-refractivity contribution in [1.82, 2.24) is 10.6 Å². The maximum Gasteiger partial charge on any atom is 0.221 e. The first-order valence-corrected chi connectivity index (χ1v) is 7.51. The Morgan fingerprint density at radius 3 is 2.84 bits per heavy atom. The molecule has 3 nitrogen and oxygen atoms in total. The zero-order valence-electron chi connectivity index (χ0n) is 10.9. The van der Waals surface area contributed by atoms with Crippen LogP contribution in [0.25, 0.3) is 0 Å². The molecule has 0 radical (unpaired) electrons. The molecule has 2 N–H and O–H groups in total. The summed E-state index contributed by atoms with van der Waals surface area (Å²) in [5.74, 6) is 1.09. The molecule has 1 fully saturated rings. The molecule has 106 valence electrons. The number of carbonyl (C=O) groups excluding carboxylic acids is 1. The van der Waals surface area contributed by atoms with Crippen LogP contribution in [0.5, 0.6) is 0 Å². The molecule has 1 unspecified atom stereocenters. The topological polar surface area (TPSA) is 41.1 Å². The van der Waals surface area contributed by atoms with E-state index in [-0.39, 0.29) is 18.3 Å². The number of benzene rings is 1. The van der Waals surface area contributed by atoms with E-state index >= 15 is 0 Å². The Morgan fingerprint density at radius 1 is 1.37 bits per heavy atom. The van der Waals surface area contributed by atoms with E-state index in [1.54, 1.807) is 11.8 Å². The first kappa shape index (κ1) is 16.3. The van der Waals surface area contributed by atoms with E-state index in [0.29, 0.717) is 12.5 Å². The first-order chi connectivity index (χ1) is 8.84. The van der Waals surface area contributed by atoms with E-state index in [4.69, 9.17) is 0 Å². The lowest BCUT2D eigenvalue weighted by atomic mass is 10.1. The third-order valence-electron chi connectivity index (χ3n) is 3.03. The van der Waals surface area contributed by atoms with E-state index in [0.717, 1.165) is 25.3 Å². The van der Waals surface area contributed by atoms with Crippen molar-refractivity contribution in [1.29, 1.82) is 0 Å². The summed E-state index contributed by atoms with van der Waals surface area (Å²) in [6, 6.07) is 10.7. The van der Waals surface area contributed by atoms with E-state index in [1.807, 2.05) is 18.2 Å². The quantitative estimate of drug-likeness (QED) is 0.626. The van der Waals surface area contributed by atoms with E-state index < -0.39 is 0 Å². The average Bonchev–Trinajstić information content (AvgIpc) is 2.89. The molecule has 1 aromatic rings. The molecule has 0 bridgehead atoms. The van der Waals surface area contributed by atoms with Crippen molar-refractivity contribution in [2.24, 2.45) is 0 Å². The normalized spacial score (nSPS) is 17.8. The molecule has 19 heavy (non-hydrogen) atoms. The maximum atomic E-state index is 11.6. The highest BCUT2D eigenvalue weighted by Gasteiger charge is 2.16. The zero-order chi connectivity index (χ0) is 12.6. The second-order valence-corrected chi connectivity index (χ2v) is 5.68. The van der Waals surface area contributed by atoms with Gasteiger partial charge in [0.25, 0.3) is 0 Å². The van der Waals surface area contributed by atoms with Gasteiger partial charge in [-0.25, -0.2) is 0 Å². The summed E-state index contributed by atoms with van der Waals surface area (Å²) >= 11 is 1.77. The van der Waals surface area contributed by atoms with Gasteiger partial charge in [0.05, 0.1) is 0 Å². The number of hydrogen-bond donors (Lipinski definition) is 2. The van der Waals surface area contributed by atoms with E-state index in [2.05, 4.69) is 22.8 Å². The summed E-state index contributed by atoms with van der Waals surface area (Å²) in [5, 5.41) is 6.32. The largest absolute Gasteiger partial charge is 0.355 e. The fourth-order valence-corrected chi connectivity index (χ4v) is 2.89. The van der Waals surface area contributed by atoms with Crippen LogP contribution in [0.1, 0.15) is 19.3 Å². The molecule has 1 aliphatic heterocycles. The Morgan fingerprint density at radius 2 is 2.16 bits per heavy atom. The number of halogens is 1. The van der Waals surface area contributed by atoms with Crippen molar-refractivity contribution in [2.75, 3.05) is 18.8 Å². The second-order valence-electron chi connectivity index (χ2n) is 4.51. The fourth-order valence-electron chi connectivity index (χ4n) is 2.10. The van der Waals surface area contributed by atoms with Gasteiger partial charge in [0, 0.05) is 29.7 Å². The molecule has 0 saturated carbocycles. The summed E-state index contributed by atoms with van der Waals surface area (Å²) in [4.78, 5) is 12.9. The zero-order valence-corrected chi connectivity index (χ0v) is 12.6. The molecular formula is C14H21ClN2OS. The highest BCUT2D eigenvalue weighted by Crippen LogP contribution is 2.15. The Hall–Kier alpha value is -0.710. The number of nitrogens with one attached hydrogen (secondary N) is 2. The van der Waals surface area contributed by atoms with Gasteiger partial charge in [0.1, 0.15) is 0 Å². The number of amides is 1. The molecule has 2 rings (SSSR count). The Labute approximate surface area is 125 Å². The second kappa shape index (κ2) is 9.23. The lowest BCUT2D eigenvalue weighted by Gasteiger charge is -2.10. The summed E-state index contributed by atoms with van der Waals surface area (Å²) in [5.41, 5.74) is 0. The third-order valence-corrected chi connectivity index (χ3v) is 4.04. The predicted octanol–water partition coefficient (Wildman–Crippen LogP) is 2.46.